The van der Waals surface area contributed by atoms with Gasteiger partial charge in [0.25, 0.3) is 0 Å². The van der Waals surface area contributed by atoms with Crippen molar-refractivity contribution in [1.29, 1.82) is 0 Å². The Morgan fingerprint density at radius 2 is 0.909 bits per heavy atom. The van der Waals surface area contributed by atoms with Gasteiger partial charge in [-0.1, -0.05) is 42.5 Å². The van der Waals surface area contributed by atoms with Crippen LogP contribution in [0.15, 0.2) is 48.6 Å². The Balaban J connectivity index is -0.000000174. The summed E-state index contributed by atoms with van der Waals surface area (Å²) in [7, 11) is 1.33. The lowest BCUT2D eigenvalue weighted by Gasteiger charge is -1.90. The molecule has 0 heterocycles. The van der Waals surface area contributed by atoms with Crippen molar-refractivity contribution in [3.05, 3.63) is 55.5 Å². The molecule has 0 aromatic heterocycles. The van der Waals surface area contributed by atoms with Crippen LogP contribution >= 0.6 is 34.8 Å². The maximum absolute atomic E-state index is 10.5. The zero-order chi connectivity index (χ0) is 26.3. The number of hydrogen-bond acceptors (Lipinski definition) is 5. The number of methoxy groups -OCH3 is 1. The van der Waals surface area contributed by atoms with Crippen LogP contribution in [0.2, 0.25) is 0 Å². The summed E-state index contributed by atoms with van der Waals surface area (Å²) < 4.78 is 4.38. The van der Waals surface area contributed by atoms with Gasteiger partial charge < -0.3 is 4.74 Å². The molecule has 0 spiro atoms. The van der Waals surface area contributed by atoms with Gasteiger partial charge in [0.15, 0.2) is 0 Å². The topological polar surface area (TPSA) is 77.5 Å². The van der Waals surface area contributed by atoms with Crippen molar-refractivity contribution in [2.24, 2.45) is 0 Å². The van der Waals surface area contributed by atoms with E-state index in [2.05, 4.69) is 11.7 Å². The van der Waals surface area contributed by atoms with Gasteiger partial charge in [0.1, 0.15) is 23.8 Å². The number of hydrogen-bond donors (Lipinski definition) is 0. The molecule has 0 aliphatic carbocycles. The summed E-state index contributed by atoms with van der Waals surface area (Å²) in [6.07, 6.45) is 16.7. The molecule has 0 aliphatic rings. The first-order valence-electron chi connectivity index (χ1n) is 10.2. The monoisotopic (exact) mass is 523 g/mol. The predicted molar refractivity (Wildman–Crippen MR) is 141 cm³/mol. The average Bonchev–Trinajstić information content (AvgIpc) is 2.76. The Morgan fingerprint density at radius 3 is 1.21 bits per heavy atom. The summed E-state index contributed by atoms with van der Waals surface area (Å²) in [5.41, 5.74) is 0. The second kappa shape index (κ2) is 34.8. The summed E-state index contributed by atoms with van der Waals surface area (Å²) in [5, 5.41) is 0. The van der Waals surface area contributed by atoms with Crippen LogP contribution in [0.3, 0.4) is 0 Å². The highest BCUT2D eigenvalue weighted by atomic mass is 35.5. The number of ether oxygens (including phenoxy) is 1. The van der Waals surface area contributed by atoms with Gasteiger partial charge in [0.05, 0.1) is 20.5 Å². The molecular formula is C25H38Cl3O5+. The van der Waals surface area contributed by atoms with E-state index in [0.29, 0.717) is 36.9 Å². The van der Waals surface area contributed by atoms with Gasteiger partial charge in [-0.2, -0.15) is 0 Å². The van der Waals surface area contributed by atoms with Gasteiger partial charge in [-0.05, 0) is 26.8 Å². The Hall–Kier alpha value is -1.82. The summed E-state index contributed by atoms with van der Waals surface area (Å²) >= 11 is 15.8. The number of Topliss-reactive ketones (excluding diaryl/α,β-unsaturated/α-hetero) is 3. The van der Waals surface area contributed by atoms with E-state index in [1.54, 1.807) is 38.2 Å². The first kappa shape index (κ1) is 38.4. The molecule has 0 aliphatic heterocycles. The van der Waals surface area contributed by atoms with E-state index in [1.165, 1.54) is 14.0 Å². The van der Waals surface area contributed by atoms with Crippen molar-refractivity contribution < 1.29 is 23.9 Å². The van der Waals surface area contributed by atoms with Crippen LogP contribution in [0.25, 0.3) is 0 Å². The highest BCUT2D eigenvalue weighted by Crippen LogP contribution is 1.90. The lowest BCUT2D eigenvalue weighted by atomic mass is 10.3. The fraction of sp³-hybridized carbons (Fsp3) is 0.480. The van der Waals surface area contributed by atoms with Crippen molar-refractivity contribution in [1.82, 2.24) is 0 Å². The number of allylic oxidation sites excluding steroid dienone is 7. The van der Waals surface area contributed by atoms with Crippen LogP contribution in [-0.2, 0) is 23.9 Å². The van der Waals surface area contributed by atoms with E-state index in [4.69, 9.17) is 34.8 Å². The quantitative estimate of drug-likeness (QED) is 0.124. The lowest BCUT2D eigenvalue weighted by molar-refractivity contribution is -0.139. The molecule has 0 radical (unpaired) electrons. The van der Waals surface area contributed by atoms with Crippen LogP contribution in [0.4, 0.5) is 0 Å². The summed E-state index contributed by atoms with van der Waals surface area (Å²) in [6, 6.07) is 0. The molecule has 5 nitrogen and oxygen atoms in total. The Morgan fingerprint density at radius 1 is 0.606 bits per heavy atom. The van der Waals surface area contributed by atoms with Crippen molar-refractivity contribution in [3.8, 4) is 0 Å². The Labute approximate surface area is 214 Å². The number of carbonyl (C=O) groups is 4. The minimum atomic E-state index is -0.287. The number of halogens is 3. The average molecular weight is 525 g/mol. The van der Waals surface area contributed by atoms with Crippen molar-refractivity contribution in [2.75, 3.05) is 24.7 Å². The molecule has 188 valence electrons. The van der Waals surface area contributed by atoms with E-state index in [0.717, 1.165) is 6.42 Å². The van der Waals surface area contributed by atoms with Crippen molar-refractivity contribution >= 4 is 58.1 Å². The van der Waals surface area contributed by atoms with E-state index in [-0.39, 0.29) is 29.7 Å². The molecular weight excluding hydrogens is 487 g/mol. The Kier molecular flexibility index (Phi) is 40.5. The molecule has 0 amide bonds. The largest absolute Gasteiger partial charge is 0.469 e. The van der Waals surface area contributed by atoms with Crippen LogP contribution in [0, 0.1) is 6.92 Å². The molecule has 0 N–H and O–H groups in total. The third-order valence-electron chi connectivity index (χ3n) is 2.83. The zero-order valence-corrected chi connectivity index (χ0v) is 22.4. The van der Waals surface area contributed by atoms with Gasteiger partial charge in [-0.25, -0.2) is 0 Å². The molecule has 33 heavy (non-hydrogen) atoms. The van der Waals surface area contributed by atoms with Crippen LogP contribution < -0.4 is 0 Å². The number of alkyl halides is 3. The minimum absolute atomic E-state index is 0.0890. The molecule has 0 bridgehead atoms. The number of carbonyl (C=O) groups excluding carboxylic acids is 4. The summed E-state index contributed by atoms with van der Waals surface area (Å²) in [4.78, 5) is 41.4. The fourth-order valence-electron chi connectivity index (χ4n) is 1.32. The minimum Gasteiger partial charge on any atom is -0.469 e. The first-order valence-corrected chi connectivity index (χ1v) is 11.8. The second-order valence-electron chi connectivity index (χ2n) is 6.14. The normalized spacial score (nSPS) is 10.2. The van der Waals surface area contributed by atoms with Crippen LogP contribution in [0.5, 0.6) is 0 Å². The zero-order valence-electron chi connectivity index (χ0n) is 20.2. The maximum atomic E-state index is 10.5. The van der Waals surface area contributed by atoms with Crippen LogP contribution in [-0.4, -0.2) is 48.1 Å². The number of esters is 1. The number of rotatable bonds is 12. The fourth-order valence-corrected chi connectivity index (χ4v) is 1.70. The van der Waals surface area contributed by atoms with E-state index < -0.39 is 0 Å². The smallest absolute Gasteiger partial charge is 0.309 e. The van der Waals surface area contributed by atoms with E-state index in [1.807, 2.05) is 24.3 Å². The highest BCUT2D eigenvalue weighted by molar-refractivity contribution is 6.20. The molecule has 0 saturated heterocycles. The van der Waals surface area contributed by atoms with E-state index >= 15 is 0 Å². The third kappa shape index (κ3) is 58.9. The maximum Gasteiger partial charge on any atom is 0.309 e. The Bertz CT molecular complexity index is 577. The molecule has 8 heteroatoms. The molecule has 0 atom stereocenters. The predicted octanol–water partition coefficient (Wildman–Crippen LogP) is 6.61. The van der Waals surface area contributed by atoms with Gasteiger partial charge in [0, 0.05) is 36.9 Å². The van der Waals surface area contributed by atoms with Gasteiger partial charge in [0.2, 0.25) is 0 Å². The summed E-state index contributed by atoms with van der Waals surface area (Å²) in [6.45, 7) is 8.22. The lowest BCUT2D eigenvalue weighted by Crippen LogP contribution is -1.96. The summed E-state index contributed by atoms with van der Waals surface area (Å²) in [5.74, 6) is 1.80. The molecule has 0 fully saturated rings. The van der Waals surface area contributed by atoms with Gasteiger partial charge >= 0.3 is 5.97 Å². The van der Waals surface area contributed by atoms with Gasteiger partial charge in [-0.3, -0.25) is 19.2 Å². The van der Waals surface area contributed by atoms with Crippen LogP contribution in [0.1, 0.15) is 52.9 Å². The molecule has 0 aromatic carbocycles. The molecule has 0 unspecified atom stereocenters. The SMILES string of the molecule is CC(=O)C/C=C\CCl.COC(=O)C/C=C\CC(C)=O.ClC/C=C/CCl.[CH2+]C/C=C\CC(C)=O. The van der Waals surface area contributed by atoms with Crippen molar-refractivity contribution in [2.45, 2.75) is 52.9 Å². The first-order chi connectivity index (χ1) is 15.6. The highest BCUT2D eigenvalue weighted by Gasteiger charge is 1.93. The van der Waals surface area contributed by atoms with Gasteiger partial charge in [-0.15, -0.1) is 34.8 Å². The molecule has 0 rings (SSSR count). The standard InChI is InChI=1S/C8H12O3.C7H11O.C6H9ClO.C4H6Cl2/c1-7(9)5-3-4-6-8(10)11-2;1-3-4-5-6-7(2)8;1-6(8)4-2-3-5-7;5-3-1-2-4-6/h3-4H,5-6H2,1-2H3;4-5H,1,3,6H2,2H3;2-3H,4-5H2,1H3;1-2H,3-4H2/q;+1;;/b4-3-;5-4-;3-2-;2-1+. The van der Waals surface area contributed by atoms with Crippen molar-refractivity contribution in [3.63, 3.8) is 0 Å². The third-order valence-corrected chi connectivity index (χ3v) is 3.36. The van der Waals surface area contributed by atoms with E-state index in [9.17, 15) is 19.2 Å². The molecule has 0 aromatic rings. The number of ketones is 3. The second-order valence-corrected chi connectivity index (χ2v) is 7.06. The molecule has 0 saturated carbocycles.